The van der Waals surface area contributed by atoms with Crippen LogP contribution in [-0.4, -0.2) is 45.9 Å². The average Bonchev–Trinajstić information content (AvgIpc) is 2.61. The van der Waals surface area contributed by atoms with Gasteiger partial charge in [0.25, 0.3) is 0 Å². The zero-order valence-electron chi connectivity index (χ0n) is 16.1. The molecule has 6 heteroatoms. The van der Waals surface area contributed by atoms with E-state index < -0.39 is 0 Å². The summed E-state index contributed by atoms with van der Waals surface area (Å²) >= 11 is 0. The molecule has 1 saturated carbocycles. The van der Waals surface area contributed by atoms with Crippen LogP contribution in [0.2, 0.25) is 0 Å². The third-order valence-electron chi connectivity index (χ3n) is 4.79. The molecule has 1 fully saturated rings. The van der Waals surface area contributed by atoms with E-state index in [9.17, 15) is 0 Å². The molecule has 0 atom stereocenters. The van der Waals surface area contributed by atoms with Crippen LogP contribution >= 0.6 is 24.0 Å². The van der Waals surface area contributed by atoms with Gasteiger partial charge in [-0.15, -0.1) is 24.0 Å². The third-order valence-corrected chi connectivity index (χ3v) is 4.79. The Hall–Kier alpha value is -1.02. The van der Waals surface area contributed by atoms with Crippen molar-refractivity contribution in [3.8, 4) is 5.75 Å². The quantitative estimate of drug-likeness (QED) is 0.221. The second-order valence-electron chi connectivity index (χ2n) is 6.73. The summed E-state index contributed by atoms with van der Waals surface area (Å²) in [5, 5.41) is 6.75. The van der Waals surface area contributed by atoms with Gasteiger partial charge in [0.05, 0.1) is 6.61 Å². The lowest BCUT2D eigenvalue weighted by atomic mass is 9.67. The molecule has 0 heterocycles. The molecule has 148 valence electrons. The van der Waals surface area contributed by atoms with Gasteiger partial charge in [-0.05, 0) is 50.2 Å². The first-order chi connectivity index (χ1) is 12.3. The van der Waals surface area contributed by atoms with E-state index in [-0.39, 0.29) is 24.0 Å². The molecule has 0 spiro atoms. The number of halogens is 1. The van der Waals surface area contributed by atoms with Gasteiger partial charge in [-0.25, -0.2) is 0 Å². The van der Waals surface area contributed by atoms with Crippen molar-refractivity contribution in [3.63, 3.8) is 0 Å². The first-order valence-electron chi connectivity index (χ1n) is 9.47. The predicted octanol–water partition coefficient (Wildman–Crippen LogP) is 3.84. The van der Waals surface area contributed by atoms with Gasteiger partial charge in [0, 0.05) is 33.4 Å². The largest absolute Gasteiger partial charge is 0.494 e. The molecule has 0 radical (unpaired) electrons. The van der Waals surface area contributed by atoms with E-state index in [2.05, 4.69) is 17.6 Å². The molecule has 0 unspecified atom stereocenters. The van der Waals surface area contributed by atoms with Crippen LogP contribution in [0.3, 0.4) is 0 Å². The number of guanidine groups is 1. The Balaban J connectivity index is 0.00000338. The fourth-order valence-corrected chi connectivity index (χ4v) is 3.06. The highest BCUT2D eigenvalue weighted by Crippen LogP contribution is 2.44. The fraction of sp³-hybridized carbons (Fsp3) is 0.650. The summed E-state index contributed by atoms with van der Waals surface area (Å²) in [5.41, 5.74) is 0.356. The van der Waals surface area contributed by atoms with Crippen molar-refractivity contribution >= 4 is 29.9 Å². The summed E-state index contributed by atoms with van der Waals surface area (Å²) in [6.45, 7) is 6.23. The van der Waals surface area contributed by atoms with Gasteiger partial charge in [-0.2, -0.15) is 0 Å². The fourth-order valence-electron chi connectivity index (χ4n) is 3.06. The summed E-state index contributed by atoms with van der Waals surface area (Å²) in [6.07, 6.45) is 5.90. The SMILES string of the molecule is CCNC(=NCC1(CCOC)CCC1)NCCCOc1ccccc1.I. The number of benzene rings is 1. The van der Waals surface area contributed by atoms with Crippen molar-refractivity contribution in [3.05, 3.63) is 30.3 Å². The van der Waals surface area contributed by atoms with Crippen LogP contribution in [0.25, 0.3) is 0 Å². The lowest BCUT2D eigenvalue weighted by Crippen LogP contribution is -2.40. The number of para-hydroxylation sites is 1. The minimum absolute atomic E-state index is 0. The van der Waals surface area contributed by atoms with Crippen molar-refractivity contribution in [1.29, 1.82) is 0 Å². The molecular weight excluding hydrogens is 441 g/mol. The molecule has 2 rings (SSSR count). The van der Waals surface area contributed by atoms with E-state index in [1.54, 1.807) is 7.11 Å². The molecule has 1 aliphatic rings. The summed E-state index contributed by atoms with van der Waals surface area (Å²) in [4.78, 5) is 4.81. The first kappa shape index (κ1) is 23.0. The van der Waals surface area contributed by atoms with Crippen molar-refractivity contribution in [2.45, 2.75) is 39.0 Å². The Bertz CT molecular complexity index is 507. The minimum Gasteiger partial charge on any atom is -0.494 e. The van der Waals surface area contributed by atoms with E-state index in [0.717, 1.165) is 50.8 Å². The molecule has 1 aromatic rings. The monoisotopic (exact) mass is 475 g/mol. The van der Waals surface area contributed by atoms with Crippen molar-refractivity contribution in [1.82, 2.24) is 10.6 Å². The summed E-state index contributed by atoms with van der Waals surface area (Å²) in [6, 6.07) is 9.94. The van der Waals surface area contributed by atoms with Crippen LogP contribution in [-0.2, 0) is 4.74 Å². The summed E-state index contributed by atoms with van der Waals surface area (Å²) < 4.78 is 11.0. The highest BCUT2D eigenvalue weighted by Gasteiger charge is 2.36. The van der Waals surface area contributed by atoms with E-state index in [1.165, 1.54) is 19.3 Å². The van der Waals surface area contributed by atoms with Crippen molar-refractivity contribution < 1.29 is 9.47 Å². The number of methoxy groups -OCH3 is 1. The van der Waals surface area contributed by atoms with Crippen molar-refractivity contribution in [2.75, 3.05) is 40.0 Å². The second-order valence-corrected chi connectivity index (χ2v) is 6.73. The zero-order valence-corrected chi connectivity index (χ0v) is 18.5. The van der Waals surface area contributed by atoms with Gasteiger partial charge in [-0.3, -0.25) is 4.99 Å². The second kappa shape index (κ2) is 13.2. The Kier molecular flexibility index (Phi) is 11.7. The van der Waals surface area contributed by atoms with Crippen LogP contribution in [0, 0.1) is 5.41 Å². The van der Waals surface area contributed by atoms with Gasteiger partial charge in [-0.1, -0.05) is 24.6 Å². The summed E-state index contributed by atoms with van der Waals surface area (Å²) in [5.74, 6) is 1.83. The number of nitrogens with zero attached hydrogens (tertiary/aromatic N) is 1. The molecule has 0 aliphatic heterocycles. The van der Waals surface area contributed by atoms with E-state index >= 15 is 0 Å². The molecule has 1 aromatic carbocycles. The molecule has 2 N–H and O–H groups in total. The summed E-state index contributed by atoms with van der Waals surface area (Å²) in [7, 11) is 1.78. The van der Waals surface area contributed by atoms with E-state index in [0.29, 0.717) is 12.0 Å². The molecule has 5 nitrogen and oxygen atoms in total. The molecule has 0 amide bonds. The van der Waals surface area contributed by atoms with Crippen LogP contribution < -0.4 is 15.4 Å². The number of hydrogen-bond acceptors (Lipinski definition) is 3. The normalized spacial score (nSPS) is 15.5. The first-order valence-corrected chi connectivity index (χ1v) is 9.47. The molecule has 26 heavy (non-hydrogen) atoms. The standard InChI is InChI=1S/C20H33N3O2.HI/c1-3-21-19(23-17-20(11-7-12-20)13-16-24-2)22-14-8-15-25-18-9-5-4-6-10-18;/h4-6,9-10H,3,7-8,11-17H2,1-2H3,(H2,21,22,23);1H. The molecule has 0 bridgehead atoms. The lowest BCUT2D eigenvalue weighted by Gasteiger charge is -2.40. The highest BCUT2D eigenvalue weighted by molar-refractivity contribution is 14.0. The number of ether oxygens (including phenoxy) is 2. The maximum absolute atomic E-state index is 5.72. The van der Waals surface area contributed by atoms with Gasteiger partial charge in [0.1, 0.15) is 5.75 Å². The Morgan fingerprint density at radius 2 is 1.92 bits per heavy atom. The van der Waals surface area contributed by atoms with E-state index in [1.807, 2.05) is 30.3 Å². The maximum Gasteiger partial charge on any atom is 0.191 e. The zero-order chi connectivity index (χ0) is 17.8. The third kappa shape index (κ3) is 8.12. The number of nitrogens with one attached hydrogen (secondary N) is 2. The topological polar surface area (TPSA) is 54.9 Å². The molecule has 1 aliphatic carbocycles. The predicted molar refractivity (Wildman–Crippen MR) is 119 cm³/mol. The van der Waals surface area contributed by atoms with Crippen LogP contribution in [0.15, 0.2) is 35.3 Å². The molecule has 0 saturated heterocycles. The molecular formula is C20H34IN3O2. The Morgan fingerprint density at radius 1 is 1.15 bits per heavy atom. The number of aliphatic imine (C=N–C) groups is 1. The van der Waals surface area contributed by atoms with Crippen LogP contribution in [0.1, 0.15) is 39.0 Å². The minimum atomic E-state index is 0. The van der Waals surface area contributed by atoms with Crippen LogP contribution in [0.5, 0.6) is 5.75 Å². The molecule has 0 aromatic heterocycles. The van der Waals surface area contributed by atoms with Gasteiger partial charge in [0.2, 0.25) is 0 Å². The maximum atomic E-state index is 5.72. The van der Waals surface area contributed by atoms with Gasteiger partial charge >= 0.3 is 0 Å². The van der Waals surface area contributed by atoms with E-state index in [4.69, 9.17) is 14.5 Å². The van der Waals surface area contributed by atoms with Crippen molar-refractivity contribution in [2.24, 2.45) is 10.4 Å². The smallest absolute Gasteiger partial charge is 0.191 e. The van der Waals surface area contributed by atoms with Crippen LogP contribution in [0.4, 0.5) is 0 Å². The Labute approximate surface area is 175 Å². The Morgan fingerprint density at radius 3 is 2.54 bits per heavy atom. The average molecular weight is 475 g/mol. The van der Waals surface area contributed by atoms with Gasteiger partial charge < -0.3 is 20.1 Å². The number of hydrogen-bond donors (Lipinski definition) is 2. The lowest BCUT2D eigenvalue weighted by molar-refractivity contribution is 0.0778. The van der Waals surface area contributed by atoms with Gasteiger partial charge in [0.15, 0.2) is 5.96 Å². The highest BCUT2D eigenvalue weighted by atomic mass is 127. The number of rotatable bonds is 11.